The molecule has 0 fully saturated rings. The fraction of sp³-hybridized carbons (Fsp3) is 0.538. The molecule has 2 rings (SSSR count). The number of hydrogen-bond acceptors (Lipinski definition) is 6. The topological polar surface area (TPSA) is 94.1 Å². The lowest BCUT2D eigenvalue weighted by molar-refractivity contribution is -0.128. The molecule has 0 radical (unpaired) electrons. The van der Waals surface area contributed by atoms with E-state index in [-0.39, 0.29) is 12.2 Å². The molecule has 0 saturated carbocycles. The second kappa shape index (κ2) is 6.99. The summed E-state index contributed by atoms with van der Waals surface area (Å²) in [7, 11) is 2.86. The largest absolute Gasteiger partial charge is 0.478 e. The van der Waals surface area contributed by atoms with Crippen LogP contribution in [0.25, 0.3) is 0 Å². The summed E-state index contributed by atoms with van der Waals surface area (Å²) in [5.41, 5.74) is 0.897. The summed E-state index contributed by atoms with van der Waals surface area (Å²) in [6.07, 6.45) is -0.248. The van der Waals surface area contributed by atoms with Crippen molar-refractivity contribution in [3.8, 4) is 0 Å². The van der Waals surface area contributed by atoms with Crippen molar-refractivity contribution in [2.45, 2.75) is 19.1 Å². The Morgan fingerprint density at radius 2 is 2.24 bits per heavy atom. The van der Waals surface area contributed by atoms with E-state index in [1.165, 1.54) is 25.6 Å². The molecule has 1 unspecified atom stereocenters. The van der Waals surface area contributed by atoms with E-state index in [9.17, 15) is 14.7 Å². The first-order valence-electron chi connectivity index (χ1n) is 6.36. The summed E-state index contributed by atoms with van der Waals surface area (Å²) in [4.78, 5) is 24.4. The normalized spacial score (nSPS) is 15.3. The van der Waals surface area contributed by atoms with Gasteiger partial charge in [0.1, 0.15) is 5.00 Å². The number of carbonyl (C=O) groups is 2. The molecule has 1 amide bonds. The zero-order chi connectivity index (χ0) is 15.4. The predicted molar refractivity (Wildman–Crippen MR) is 75.9 cm³/mol. The molecular weight excluding hydrogens is 298 g/mol. The van der Waals surface area contributed by atoms with E-state index in [4.69, 9.17) is 14.2 Å². The van der Waals surface area contributed by atoms with Crippen molar-refractivity contribution in [2.75, 3.05) is 32.8 Å². The molecule has 1 atom stereocenters. The van der Waals surface area contributed by atoms with E-state index in [0.29, 0.717) is 24.6 Å². The fourth-order valence-corrected chi connectivity index (χ4v) is 3.32. The minimum Gasteiger partial charge on any atom is -0.478 e. The van der Waals surface area contributed by atoms with Gasteiger partial charge in [-0.15, -0.1) is 11.3 Å². The second-order valence-electron chi connectivity index (χ2n) is 4.48. The zero-order valence-corrected chi connectivity index (χ0v) is 12.6. The van der Waals surface area contributed by atoms with E-state index < -0.39 is 18.0 Å². The highest BCUT2D eigenvalue weighted by Crippen LogP contribution is 2.36. The molecule has 0 aliphatic carbocycles. The van der Waals surface area contributed by atoms with Gasteiger partial charge in [0.15, 0.2) is 6.10 Å². The average molecular weight is 315 g/mol. The molecule has 21 heavy (non-hydrogen) atoms. The number of methoxy groups -OCH3 is 2. The van der Waals surface area contributed by atoms with E-state index >= 15 is 0 Å². The quantitative estimate of drug-likeness (QED) is 0.817. The first-order valence-corrected chi connectivity index (χ1v) is 7.18. The summed E-state index contributed by atoms with van der Waals surface area (Å²) in [5, 5.41) is 12.3. The van der Waals surface area contributed by atoms with E-state index in [2.05, 4.69) is 5.32 Å². The molecule has 7 nitrogen and oxygen atoms in total. The number of nitrogens with one attached hydrogen (secondary N) is 1. The second-order valence-corrected chi connectivity index (χ2v) is 5.59. The van der Waals surface area contributed by atoms with Crippen LogP contribution < -0.4 is 5.32 Å². The molecule has 0 spiro atoms. The third-order valence-corrected chi connectivity index (χ3v) is 4.29. The van der Waals surface area contributed by atoms with E-state index in [1.54, 1.807) is 0 Å². The van der Waals surface area contributed by atoms with Gasteiger partial charge in [0.2, 0.25) is 0 Å². The van der Waals surface area contributed by atoms with Gasteiger partial charge in [0, 0.05) is 19.1 Å². The van der Waals surface area contributed by atoms with Crippen LogP contribution in [0, 0.1) is 0 Å². The summed E-state index contributed by atoms with van der Waals surface area (Å²) in [6.45, 7) is 0.961. The third-order valence-electron chi connectivity index (χ3n) is 3.17. The van der Waals surface area contributed by atoms with Crippen molar-refractivity contribution in [2.24, 2.45) is 0 Å². The minimum atomic E-state index is -1.05. The third kappa shape index (κ3) is 3.41. The Balaban J connectivity index is 2.25. The minimum absolute atomic E-state index is 0.0962. The first kappa shape index (κ1) is 15.9. The lowest BCUT2D eigenvalue weighted by Crippen LogP contribution is -2.33. The molecule has 0 bridgehead atoms. The van der Waals surface area contributed by atoms with Gasteiger partial charge >= 0.3 is 5.97 Å². The van der Waals surface area contributed by atoms with Crippen LogP contribution in [0.2, 0.25) is 0 Å². The van der Waals surface area contributed by atoms with E-state index in [1.807, 2.05) is 0 Å². The lowest BCUT2D eigenvalue weighted by atomic mass is 10.1. The summed E-state index contributed by atoms with van der Waals surface area (Å²) < 4.78 is 15.2. The van der Waals surface area contributed by atoms with Crippen LogP contribution in [-0.4, -0.2) is 50.5 Å². The number of aromatic carboxylic acids is 1. The number of anilines is 1. The molecule has 8 heteroatoms. The maximum atomic E-state index is 12.1. The number of rotatable bonds is 6. The molecule has 1 aliphatic heterocycles. The number of carboxylic acids is 1. The van der Waals surface area contributed by atoms with Gasteiger partial charge in [0.25, 0.3) is 5.91 Å². The predicted octanol–water partition coefficient (Wildman–Crippen LogP) is 1.12. The van der Waals surface area contributed by atoms with Gasteiger partial charge in [-0.1, -0.05) is 0 Å². The molecule has 1 aromatic heterocycles. The summed E-state index contributed by atoms with van der Waals surface area (Å²) in [6, 6.07) is 0. The Kier molecular flexibility index (Phi) is 5.29. The Bertz CT molecular complexity index is 541. The van der Waals surface area contributed by atoms with Crippen LogP contribution in [0.1, 0.15) is 20.8 Å². The standard InChI is InChI=1S/C13H17NO6S/c1-18-5-8(19-2)11(15)14-12-10(13(16)17)7-3-4-20-6-9(7)21-12/h8H,3-6H2,1-2H3,(H,14,15)(H,16,17). The van der Waals surface area contributed by atoms with Crippen LogP contribution in [0.3, 0.4) is 0 Å². The van der Waals surface area contributed by atoms with Crippen molar-refractivity contribution in [3.63, 3.8) is 0 Å². The number of carbonyl (C=O) groups excluding carboxylic acids is 1. The fourth-order valence-electron chi connectivity index (χ4n) is 2.14. The van der Waals surface area contributed by atoms with E-state index in [0.717, 1.165) is 10.4 Å². The van der Waals surface area contributed by atoms with Gasteiger partial charge in [-0.05, 0) is 12.0 Å². The summed E-state index contributed by atoms with van der Waals surface area (Å²) in [5.74, 6) is -1.48. The maximum Gasteiger partial charge on any atom is 0.339 e. The molecular formula is C13H17NO6S. The number of thiophene rings is 1. The molecule has 0 saturated heterocycles. The average Bonchev–Trinajstić information content (AvgIpc) is 2.82. The molecule has 116 valence electrons. The van der Waals surface area contributed by atoms with Gasteiger partial charge in [-0.25, -0.2) is 4.79 Å². The maximum absolute atomic E-state index is 12.1. The van der Waals surface area contributed by atoms with Crippen molar-refractivity contribution in [1.82, 2.24) is 0 Å². The SMILES string of the molecule is COCC(OC)C(=O)Nc1sc2c(c1C(=O)O)CCOC2. The number of ether oxygens (including phenoxy) is 3. The first-order chi connectivity index (χ1) is 10.1. The Hall–Kier alpha value is -1.48. The number of amides is 1. The van der Waals surface area contributed by atoms with Gasteiger partial charge in [-0.2, -0.15) is 0 Å². The molecule has 2 N–H and O–H groups in total. The Labute approximate surface area is 125 Å². The smallest absolute Gasteiger partial charge is 0.339 e. The molecule has 1 aromatic rings. The molecule has 0 aromatic carbocycles. The van der Waals surface area contributed by atoms with Crippen LogP contribution in [0.4, 0.5) is 5.00 Å². The number of carboxylic acid groups (broad SMARTS) is 1. The van der Waals surface area contributed by atoms with Gasteiger partial charge < -0.3 is 24.6 Å². The van der Waals surface area contributed by atoms with Crippen molar-refractivity contribution in [3.05, 3.63) is 16.0 Å². The van der Waals surface area contributed by atoms with Crippen molar-refractivity contribution >= 4 is 28.2 Å². The van der Waals surface area contributed by atoms with Gasteiger partial charge in [-0.3, -0.25) is 4.79 Å². The van der Waals surface area contributed by atoms with Crippen LogP contribution in [-0.2, 0) is 32.0 Å². The van der Waals surface area contributed by atoms with Crippen molar-refractivity contribution in [1.29, 1.82) is 0 Å². The summed E-state index contributed by atoms with van der Waals surface area (Å²) >= 11 is 1.23. The highest BCUT2D eigenvalue weighted by molar-refractivity contribution is 7.17. The Morgan fingerprint density at radius 3 is 2.86 bits per heavy atom. The number of hydrogen-bond donors (Lipinski definition) is 2. The Morgan fingerprint density at radius 1 is 1.48 bits per heavy atom. The zero-order valence-electron chi connectivity index (χ0n) is 11.8. The highest BCUT2D eigenvalue weighted by atomic mass is 32.1. The molecule has 1 aliphatic rings. The lowest BCUT2D eigenvalue weighted by Gasteiger charge is -2.14. The van der Waals surface area contributed by atoms with Gasteiger partial charge in [0.05, 0.1) is 25.4 Å². The highest BCUT2D eigenvalue weighted by Gasteiger charge is 2.28. The molecule has 2 heterocycles. The van der Waals surface area contributed by atoms with Crippen LogP contribution >= 0.6 is 11.3 Å². The van der Waals surface area contributed by atoms with Crippen LogP contribution in [0.15, 0.2) is 0 Å². The van der Waals surface area contributed by atoms with Crippen molar-refractivity contribution < 1.29 is 28.9 Å². The monoisotopic (exact) mass is 315 g/mol. The van der Waals surface area contributed by atoms with Crippen LogP contribution in [0.5, 0.6) is 0 Å². The number of fused-ring (bicyclic) bond motifs is 1.